The summed E-state index contributed by atoms with van der Waals surface area (Å²) in [6, 6.07) is 0.653. The average molecular weight is 255 g/mol. The Kier molecular flexibility index (Phi) is 5.93. The quantitative estimate of drug-likeness (QED) is 0.685. The second-order valence-corrected chi connectivity index (χ2v) is 6.05. The summed E-state index contributed by atoms with van der Waals surface area (Å²) in [6.45, 7) is 2.76. The lowest BCUT2D eigenvalue weighted by Crippen LogP contribution is -2.39. The van der Waals surface area contributed by atoms with Crippen LogP contribution in [0.25, 0.3) is 0 Å². The van der Waals surface area contributed by atoms with Gasteiger partial charge in [-0.1, -0.05) is 19.3 Å². The first-order valence-corrected chi connectivity index (χ1v) is 7.86. The van der Waals surface area contributed by atoms with Crippen LogP contribution >= 0.6 is 0 Å². The number of likely N-dealkylation sites (tertiary alicyclic amines) is 1. The fourth-order valence-electron chi connectivity index (χ4n) is 3.81. The van der Waals surface area contributed by atoms with Crippen molar-refractivity contribution in [1.82, 2.24) is 4.90 Å². The molecule has 3 unspecified atom stereocenters. The molecule has 1 heterocycles. The van der Waals surface area contributed by atoms with Gasteiger partial charge in [0.15, 0.2) is 0 Å². The summed E-state index contributed by atoms with van der Waals surface area (Å²) >= 11 is 0. The zero-order valence-electron chi connectivity index (χ0n) is 11.6. The molecule has 0 aromatic heterocycles. The minimum Gasteiger partial charge on any atom is -0.396 e. The average Bonchev–Trinajstić information content (AvgIpc) is 2.97. The van der Waals surface area contributed by atoms with Crippen LogP contribution in [-0.4, -0.2) is 47.0 Å². The Hall–Kier alpha value is -0.120. The van der Waals surface area contributed by atoms with Crippen LogP contribution in [-0.2, 0) is 0 Å². The van der Waals surface area contributed by atoms with E-state index >= 15 is 0 Å². The van der Waals surface area contributed by atoms with Crippen LogP contribution in [0.5, 0.6) is 0 Å². The van der Waals surface area contributed by atoms with Gasteiger partial charge in [0.25, 0.3) is 0 Å². The lowest BCUT2D eigenvalue weighted by Gasteiger charge is -2.31. The van der Waals surface area contributed by atoms with E-state index < -0.39 is 0 Å². The molecule has 3 nitrogen and oxygen atoms in total. The largest absolute Gasteiger partial charge is 0.396 e. The van der Waals surface area contributed by atoms with E-state index in [0.29, 0.717) is 18.6 Å². The maximum absolute atomic E-state index is 10.1. The lowest BCUT2D eigenvalue weighted by molar-refractivity contribution is 0.0739. The molecule has 2 aliphatic rings. The molecule has 2 fully saturated rings. The molecule has 0 spiro atoms. The fourth-order valence-corrected chi connectivity index (χ4v) is 3.81. The van der Waals surface area contributed by atoms with Gasteiger partial charge in [0, 0.05) is 18.6 Å². The standard InChI is InChI=1S/C15H29NO2/c17-12-4-2-1-3-10-16-11-6-8-14(16)13-7-5-9-15(13)18/h13-15,17-18H,1-12H2. The van der Waals surface area contributed by atoms with E-state index in [-0.39, 0.29) is 6.10 Å². The summed E-state index contributed by atoms with van der Waals surface area (Å²) in [5.41, 5.74) is 0. The molecule has 3 heteroatoms. The summed E-state index contributed by atoms with van der Waals surface area (Å²) in [5.74, 6) is 0.546. The van der Waals surface area contributed by atoms with Crippen molar-refractivity contribution in [3.63, 3.8) is 0 Å². The van der Waals surface area contributed by atoms with Gasteiger partial charge >= 0.3 is 0 Å². The van der Waals surface area contributed by atoms with Gasteiger partial charge in [0.05, 0.1) is 6.10 Å². The van der Waals surface area contributed by atoms with Crippen molar-refractivity contribution in [2.24, 2.45) is 5.92 Å². The Balaban J connectivity index is 1.70. The predicted molar refractivity (Wildman–Crippen MR) is 73.5 cm³/mol. The first-order valence-electron chi connectivity index (χ1n) is 7.86. The van der Waals surface area contributed by atoms with Crippen LogP contribution in [0.4, 0.5) is 0 Å². The van der Waals surface area contributed by atoms with Crippen LogP contribution < -0.4 is 0 Å². The molecule has 0 bridgehead atoms. The molecule has 1 saturated carbocycles. The molecule has 1 aliphatic carbocycles. The zero-order chi connectivity index (χ0) is 12.8. The molecule has 0 aromatic rings. The van der Waals surface area contributed by atoms with E-state index in [1.54, 1.807) is 0 Å². The van der Waals surface area contributed by atoms with Crippen molar-refractivity contribution >= 4 is 0 Å². The third-order valence-electron chi connectivity index (χ3n) is 4.79. The van der Waals surface area contributed by atoms with Crippen molar-refractivity contribution in [3.05, 3.63) is 0 Å². The molecule has 106 valence electrons. The van der Waals surface area contributed by atoms with Gasteiger partial charge in [-0.25, -0.2) is 0 Å². The number of nitrogens with zero attached hydrogens (tertiary/aromatic N) is 1. The zero-order valence-corrected chi connectivity index (χ0v) is 11.6. The Labute approximate surface area is 111 Å². The second kappa shape index (κ2) is 7.46. The van der Waals surface area contributed by atoms with E-state index in [9.17, 15) is 5.11 Å². The van der Waals surface area contributed by atoms with Gasteiger partial charge in [-0.3, -0.25) is 0 Å². The highest BCUT2D eigenvalue weighted by atomic mass is 16.3. The molecule has 1 saturated heterocycles. The van der Waals surface area contributed by atoms with E-state index in [4.69, 9.17) is 5.11 Å². The molecule has 0 amide bonds. The van der Waals surface area contributed by atoms with E-state index in [1.807, 2.05) is 0 Å². The summed E-state index contributed by atoms with van der Waals surface area (Å²) in [4.78, 5) is 2.62. The molecular weight excluding hydrogens is 226 g/mol. The SMILES string of the molecule is OCCCCCCN1CCCC1C1CCCC1O. The van der Waals surface area contributed by atoms with Gasteiger partial charge in [-0.05, 0) is 51.6 Å². The highest BCUT2D eigenvalue weighted by molar-refractivity contribution is 4.91. The number of hydrogen-bond acceptors (Lipinski definition) is 3. The first kappa shape index (κ1) is 14.3. The van der Waals surface area contributed by atoms with E-state index in [0.717, 1.165) is 19.3 Å². The predicted octanol–water partition coefficient (Wildman–Crippen LogP) is 2.16. The normalized spacial score (nSPS) is 33.3. The van der Waals surface area contributed by atoms with Crippen molar-refractivity contribution in [2.75, 3.05) is 19.7 Å². The van der Waals surface area contributed by atoms with Crippen LogP contribution in [0.15, 0.2) is 0 Å². The van der Waals surface area contributed by atoms with Gasteiger partial charge in [0.2, 0.25) is 0 Å². The van der Waals surface area contributed by atoms with Gasteiger partial charge in [-0.15, -0.1) is 0 Å². The third kappa shape index (κ3) is 3.69. The van der Waals surface area contributed by atoms with Gasteiger partial charge < -0.3 is 15.1 Å². The smallest absolute Gasteiger partial charge is 0.0583 e. The minimum absolute atomic E-state index is 0.0370. The van der Waals surface area contributed by atoms with Crippen LogP contribution in [0, 0.1) is 5.92 Å². The maximum atomic E-state index is 10.1. The molecule has 18 heavy (non-hydrogen) atoms. The molecule has 0 aromatic carbocycles. The Morgan fingerprint density at radius 1 is 0.944 bits per heavy atom. The van der Waals surface area contributed by atoms with Gasteiger partial charge in [0.1, 0.15) is 0 Å². The summed E-state index contributed by atoms with van der Waals surface area (Å²) in [6.07, 6.45) is 10.6. The fraction of sp³-hybridized carbons (Fsp3) is 1.00. The molecular formula is C15H29NO2. The van der Waals surface area contributed by atoms with Crippen LogP contribution in [0.1, 0.15) is 57.8 Å². The molecule has 1 aliphatic heterocycles. The Bertz CT molecular complexity index is 235. The third-order valence-corrected chi connectivity index (χ3v) is 4.79. The second-order valence-electron chi connectivity index (χ2n) is 6.05. The van der Waals surface area contributed by atoms with E-state index in [2.05, 4.69) is 4.90 Å². The topological polar surface area (TPSA) is 43.7 Å². The van der Waals surface area contributed by atoms with Crippen molar-refractivity contribution in [2.45, 2.75) is 69.9 Å². The number of aliphatic hydroxyl groups excluding tert-OH is 2. The van der Waals surface area contributed by atoms with Crippen LogP contribution in [0.3, 0.4) is 0 Å². The highest BCUT2D eigenvalue weighted by Gasteiger charge is 2.37. The summed E-state index contributed by atoms with van der Waals surface area (Å²) in [7, 11) is 0. The van der Waals surface area contributed by atoms with Gasteiger partial charge in [-0.2, -0.15) is 0 Å². The summed E-state index contributed by atoms with van der Waals surface area (Å²) in [5, 5.41) is 18.8. The number of aliphatic hydroxyl groups is 2. The summed E-state index contributed by atoms with van der Waals surface area (Å²) < 4.78 is 0. The Morgan fingerprint density at radius 3 is 2.50 bits per heavy atom. The first-order chi connectivity index (χ1) is 8.83. The van der Waals surface area contributed by atoms with Crippen LogP contribution in [0.2, 0.25) is 0 Å². The molecule has 2 rings (SSSR count). The number of hydrogen-bond donors (Lipinski definition) is 2. The van der Waals surface area contributed by atoms with Crippen molar-refractivity contribution < 1.29 is 10.2 Å². The molecule has 0 radical (unpaired) electrons. The maximum Gasteiger partial charge on any atom is 0.0583 e. The lowest BCUT2D eigenvalue weighted by atomic mass is 9.94. The highest BCUT2D eigenvalue weighted by Crippen LogP contribution is 2.35. The minimum atomic E-state index is -0.0370. The number of rotatable bonds is 7. The monoisotopic (exact) mass is 255 g/mol. The van der Waals surface area contributed by atoms with Crippen molar-refractivity contribution in [1.29, 1.82) is 0 Å². The number of unbranched alkanes of at least 4 members (excludes halogenated alkanes) is 3. The Morgan fingerprint density at radius 2 is 1.78 bits per heavy atom. The van der Waals surface area contributed by atoms with Crippen molar-refractivity contribution in [3.8, 4) is 0 Å². The molecule has 3 atom stereocenters. The molecule has 2 N–H and O–H groups in total. The van der Waals surface area contributed by atoms with E-state index in [1.165, 1.54) is 51.6 Å².